The van der Waals surface area contributed by atoms with Gasteiger partial charge in [-0.2, -0.15) is 0 Å². The van der Waals surface area contributed by atoms with E-state index in [2.05, 4.69) is 19.2 Å². The van der Waals surface area contributed by atoms with E-state index in [4.69, 9.17) is 5.11 Å². The zero-order chi connectivity index (χ0) is 22.4. The van der Waals surface area contributed by atoms with E-state index in [1.807, 2.05) is 0 Å². The predicted molar refractivity (Wildman–Crippen MR) is 117 cm³/mol. The Morgan fingerprint density at radius 2 is 1.68 bits per heavy atom. The van der Waals surface area contributed by atoms with Crippen LogP contribution in [0.1, 0.15) is 84.5 Å². The monoisotopic (exact) mass is 435 g/mol. The van der Waals surface area contributed by atoms with Gasteiger partial charge in [0.1, 0.15) is 6.54 Å². The average Bonchev–Trinajstić information content (AvgIpc) is 3.04. The van der Waals surface area contributed by atoms with Crippen LogP contribution in [0.2, 0.25) is 0 Å². The lowest BCUT2D eigenvalue weighted by Crippen LogP contribution is -2.58. The van der Waals surface area contributed by atoms with Crippen molar-refractivity contribution < 1.29 is 24.9 Å². The van der Waals surface area contributed by atoms with Crippen molar-refractivity contribution >= 4 is 11.9 Å². The molecule has 6 heteroatoms. The molecule has 4 saturated carbocycles. The molecule has 1 unspecified atom stereocenters. The number of aliphatic carboxylic acids is 1. The maximum Gasteiger partial charge on any atom is 0.322 e. The maximum atomic E-state index is 11.9. The highest BCUT2D eigenvalue weighted by molar-refractivity contribution is 5.80. The van der Waals surface area contributed by atoms with Crippen molar-refractivity contribution in [2.24, 2.45) is 40.4 Å². The van der Waals surface area contributed by atoms with Crippen molar-refractivity contribution in [3.05, 3.63) is 0 Å². The van der Waals surface area contributed by atoms with Crippen LogP contribution in [0.15, 0.2) is 0 Å². The third-order valence-corrected chi connectivity index (χ3v) is 10.2. The van der Waals surface area contributed by atoms with Crippen molar-refractivity contribution in [1.82, 2.24) is 5.32 Å². The van der Waals surface area contributed by atoms with E-state index in [1.165, 1.54) is 25.7 Å². The van der Waals surface area contributed by atoms with Crippen LogP contribution >= 0.6 is 0 Å². The van der Waals surface area contributed by atoms with Crippen molar-refractivity contribution in [3.63, 3.8) is 0 Å². The average molecular weight is 436 g/mol. The van der Waals surface area contributed by atoms with Crippen LogP contribution in [0.3, 0.4) is 0 Å². The minimum Gasteiger partial charge on any atom is -0.480 e. The van der Waals surface area contributed by atoms with Gasteiger partial charge in [-0.1, -0.05) is 13.8 Å². The molecule has 0 aromatic heterocycles. The second-order valence-corrected chi connectivity index (χ2v) is 11.6. The first-order valence-electron chi connectivity index (χ1n) is 12.5. The van der Waals surface area contributed by atoms with Gasteiger partial charge < -0.3 is 20.6 Å². The van der Waals surface area contributed by atoms with Gasteiger partial charge in [-0.15, -0.1) is 0 Å². The van der Waals surface area contributed by atoms with E-state index < -0.39 is 5.97 Å². The van der Waals surface area contributed by atoms with Crippen LogP contribution in [0.25, 0.3) is 0 Å². The van der Waals surface area contributed by atoms with Crippen molar-refractivity contribution in [1.29, 1.82) is 0 Å². The molecule has 6 nitrogen and oxygen atoms in total. The summed E-state index contributed by atoms with van der Waals surface area (Å²) in [6.07, 6.45) is 10.2. The summed E-state index contributed by atoms with van der Waals surface area (Å²) in [4.78, 5) is 22.5. The Hall–Kier alpha value is -1.14. The highest BCUT2D eigenvalue weighted by Gasteiger charge is 2.62. The van der Waals surface area contributed by atoms with Crippen molar-refractivity contribution in [2.45, 2.75) is 96.7 Å². The Labute approximate surface area is 186 Å². The second kappa shape index (κ2) is 8.66. The minimum absolute atomic E-state index is 0.174. The van der Waals surface area contributed by atoms with Crippen LogP contribution < -0.4 is 5.32 Å². The number of fused-ring (bicyclic) bond motifs is 5. The van der Waals surface area contributed by atoms with Gasteiger partial charge in [-0.05, 0) is 105 Å². The summed E-state index contributed by atoms with van der Waals surface area (Å²) in [5.74, 6) is 1.33. The fourth-order valence-corrected chi connectivity index (χ4v) is 8.55. The van der Waals surface area contributed by atoms with E-state index in [1.54, 1.807) is 0 Å². The van der Waals surface area contributed by atoms with Crippen LogP contribution in [0.4, 0.5) is 0 Å². The number of hydrogen-bond acceptors (Lipinski definition) is 4. The lowest BCUT2D eigenvalue weighted by atomic mass is 9.44. The quantitative estimate of drug-likeness (QED) is 0.512. The van der Waals surface area contributed by atoms with E-state index in [9.17, 15) is 19.8 Å². The molecule has 0 spiro atoms. The Balaban J connectivity index is 1.40. The van der Waals surface area contributed by atoms with Gasteiger partial charge in [0.2, 0.25) is 5.91 Å². The fraction of sp³-hybridized carbons (Fsp3) is 0.920. The molecule has 31 heavy (non-hydrogen) atoms. The molecule has 0 bridgehead atoms. The molecule has 4 rings (SSSR count). The van der Waals surface area contributed by atoms with E-state index >= 15 is 0 Å². The molecule has 0 aromatic carbocycles. The first kappa shape index (κ1) is 23.0. The van der Waals surface area contributed by atoms with E-state index in [0.717, 1.165) is 38.5 Å². The summed E-state index contributed by atoms with van der Waals surface area (Å²) in [7, 11) is 0. The molecule has 0 aromatic rings. The highest BCUT2D eigenvalue weighted by Crippen LogP contribution is 2.67. The van der Waals surface area contributed by atoms with Crippen molar-refractivity contribution in [2.75, 3.05) is 6.54 Å². The van der Waals surface area contributed by atoms with Gasteiger partial charge in [0.25, 0.3) is 0 Å². The summed E-state index contributed by atoms with van der Waals surface area (Å²) in [6.45, 7) is 4.57. The second-order valence-electron chi connectivity index (χ2n) is 11.6. The number of carbonyl (C=O) groups excluding carboxylic acids is 1. The van der Waals surface area contributed by atoms with Crippen LogP contribution in [-0.2, 0) is 9.59 Å². The highest BCUT2D eigenvalue weighted by atomic mass is 16.4. The predicted octanol–water partition coefficient (Wildman–Crippen LogP) is 3.35. The molecule has 4 N–H and O–H groups in total. The number of hydrogen-bond donors (Lipinski definition) is 4. The summed E-state index contributed by atoms with van der Waals surface area (Å²) in [6, 6.07) is 0. The van der Waals surface area contributed by atoms with Gasteiger partial charge in [-0.3, -0.25) is 9.59 Å². The molecular weight excluding hydrogens is 394 g/mol. The molecule has 0 heterocycles. The van der Waals surface area contributed by atoms with E-state index in [-0.39, 0.29) is 35.5 Å². The van der Waals surface area contributed by atoms with Crippen LogP contribution in [0.5, 0.6) is 0 Å². The maximum absolute atomic E-state index is 11.9. The van der Waals surface area contributed by atoms with Gasteiger partial charge in [0.15, 0.2) is 0 Å². The Kier molecular flexibility index (Phi) is 6.43. The number of carboxylic acid groups (broad SMARTS) is 1. The van der Waals surface area contributed by atoms with Gasteiger partial charge in [0, 0.05) is 6.42 Å². The molecule has 9 atom stereocenters. The number of carboxylic acids is 1. The normalized spacial score (nSPS) is 46.5. The zero-order valence-corrected chi connectivity index (χ0v) is 19.2. The van der Waals surface area contributed by atoms with Crippen LogP contribution in [0, 0.1) is 40.4 Å². The number of amides is 1. The lowest BCUT2D eigenvalue weighted by molar-refractivity contribution is -0.172. The topological polar surface area (TPSA) is 107 Å². The molecule has 0 radical (unpaired) electrons. The number of aliphatic hydroxyl groups is 2. The summed E-state index contributed by atoms with van der Waals surface area (Å²) < 4.78 is 0. The Morgan fingerprint density at radius 1 is 0.968 bits per heavy atom. The largest absolute Gasteiger partial charge is 0.480 e. The summed E-state index contributed by atoms with van der Waals surface area (Å²) in [5.41, 5.74) is 0.488. The van der Waals surface area contributed by atoms with Gasteiger partial charge >= 0.3 is 5.97 Å². The molecule has 1 amide bonds. The van der Waals surface area contributed by atoms with Crippen molar-refractivity contribution in [3.8, 4) is 0 Å². The third kappa shape index (κ3) is 4.15. The fourth-order valence-electron chi connectivity index (χ4n) is 8.55. The lowest BCUT2D eigenvalue weighted by Gasteiger charge is -2.62. The Bertz CT molecular complexity index is 697. The molecule has 0 saturated heterocycles. The minimum atomic E-state index is -1.01. The van der Waals surface area contributed by atoms with Crippen LogP contribution in [-0.4, -0.2) is 45.9 Å². The number of carbonyl (C=O) groups is 2. The zero-order valence-electron chi connectivity index (χ0n) is 19.2. The SMILES string of the molecule is C[C@]12CCC3[C@@H]([C@H](O)C[C@@H]4C[C@H](O)CC[C@]34C)[C@@H]1CC[C@@H]2CCCC(=O)NCC(=O)O. The first-order valence-corrected chi connectivity index (χ1v) is 12.5. The number of nitrogens with one attached hydrogen (secondary N) is 1. The summed E-state index contributed by atoms with van der Waals surface area (Å²) >= 11 is 0. The van der Waals surface area contributed by atoms with Gasteiger partial charge in [0.05, 0.1) is 12.2 Å². The standard InChI is InChI=1S/C25H41NO5/c1-24-11-9-19-23(20(28)13-16-12-17(27)8-10-25(16,19)2)18(24)7-6-15(24)4-3-5-21(29)26-14-22(30)31/h15-20,23,27-28H,3-14H2,1-2H3,(H,26,29)(H,30,31)/t15-,16-,17+,18-,19?,20+,23-,24+,25-/m0/s1. The molecular formula is C25H41NO5. The molecule has 4 aliphatic carbocycles. The molecule has 176 valence electrons. The van der Waals surface area contributed by atoms with E-state index in [0.29, 0.717) is 36.0 Å². The molecule has 0 aliphatic heterocycles. The number of aliphatic hydroxyl groups excluding tert-OH is 2. The number of rotatable bonds is 6. The van der Waals surface area contributed by atoms with Gasteiger partial charge in [-0.25, -0.2) is 0 Å². The molecule has 4 aliphatic rings. The summed E-state index contributed by atoms with van der Waals surface area (Å²) in [5, 5.41) is 32.6. The first-order chi connectivity index (χ1) is 14.6. The third-order valence-electron chi connectivity index (χ3n) is 10.2. The smallest absolute Gasteiger partial charge is 0.322 e. The Morgan fingerprint density at radius 3 is 2.42 bits per heavy atom. The molecule has 4 fully saturated rings.